The Kier molecular flexibility index (Phi) is 3.83. The molecule has 0 saturated carbocycles. The van der Waals surface area contributed by atoms with Crippen molar-refractivity contribution in [3.8, 4) is 0 Å². The molecule has 3 rings (SSSR count). The number of benzene rings is 2. The third-order valence-electron chi connectivity index (χ3n) is 2.91. The molecule has 1 heterocycles. The first-order valence-corrected chi connectivity index (χ1v) is 7.40. The number of aromatic nitrogens is 2. The van der Waals surface area contributed by atoms with Gasteiger partial charge < -0.3 is 5.32 Å². The number of anilines is 1. The minimum absolute atomic E-state index is 0.679. The van der Waals surface area contributed by atoms with Crippen molar-refractivity contribution in [2.75, 3.05) is 11.9 Å². The topological polar surface area (TPSA) is 37.8 Å². The number of hydrogen-bond acceptors (Lipinski definition) is 4. The van der Waals surface area contributed by atoms with E-state index in [4.69, 9.17) is 0 Å². The largest absolute Gasteiger partial charge is 0.354 e. The third kappa shape index (κ3) is 2.91. The van der Waals surface area contributed by atoms with Crippen molar-refractivity contribution >= 4 is 28.5 Å². The molecule has 3 nitrogen and oxygen atoms in total. The van der Waals surface area contributed by atoms with Gasteiger partial charge in [-0.2, -0.15) is 0 Å². The lowest BCUT2D eigenvalue weighted by atomic mass is 10.1. The minimum atomic E-state index is 0.679. The van der Waals surface area contributed by atoms with Crippen LogP contribution in [0.2, 0.25) is 0 Å². The fourth-order valence-electron chi connectivity index (χ4n) is 1.99. The van der Waals surface area contributed by atoms with Crippen LogP contribution in [0.25, 0.3) is 10.8 Å². The van der Waals surface area contributed by atoms with Crippen LogP contribution in [0.4, 0.5) is 5.95 Å². The molecule has 0 aliphatic rings. The van der Waals surface area contributed by atoms with Crippen molar-refractivity contribution in [2.45, 2.75) is 16.8 Å². The Morgan fingerprint density at radius 2 is 1.90 bits per heavy atom. The zero-order chi connectivity index (χ0) is 13.8. The average molecular weight is 281 g/mol. The lowest BCUT2D eigenvalue weighted by Crippen LogP contribution is -2.01. The van der Waals surface area contributed by atoms with Gasteiger partial charge in [0, 0.05) is 17.6 Å². The molecule has 0 saturated heterocycles. The van der Waals surface area contributed by atoms with Crippen molar-refractivity contribution in [1.82, 2.24) is 9.97 Å². The zero-order valence-corrected chi connectivity index (χ0v) is 12.0. The van der Waals surface area contributed by atoms with Gasteiger partial charge in [-0.25, -0.2) is 9.97 Å². The van der Waals surface area contributed by atoms with Crippen LogP contribution < -0.4 is 5.32 Å². The normalized spacial score (nSPS) is 10.7. The van der Waals surface area contributed by atoms with Gasteiger partial charge in [0.1, 0.15) is 5.03 Å². The molecule has 2 aromatic carbocycles. The molecule has 0 aliphatic heterocycles. The smallest absolute Gasteiger partial charge is 0.223 e. The first-order valence-electron chi connectivity index (χ1n) is 6.59. The Labute approximate surface area is 122 Å². The molecule has 0 amide bonds. The molecule has 20 heavy (non-hydrogen) atoms. The van der Waals surface area contributed by atoms with Gasteiger partial charge in [0.2, 0.25) is 5.95 Å². The summed E-state index contributed by atoms with van der Waals surface area (Å²) >= 11 is 1.65. The van der Waals surface area contributed by atoms with Gasteiger partial charge in [-0.15, -0.1) is 0 Å². The second-order valence-corrected chi connectivity index (χ2v) is 5.45. The van der Waals surface area contributed by atoms with E-state index in [2.05, 4.69) is 57.7 Å². The summed E-state index contributed by atoms with van der Waals surface area (Å²) in [6.45, 7) is 2.86. The van der Waals surface area contributed by atoms with Crippen LogP contribution in [0.5, 0.6) is 0 Å². The van der Waals surface area contributed by atoms with Crippen molar-refractivity contribution in [2.24, 2.45) is 0 Å². The van der Waals surface area contributed by atoms with Crippen LogP contribution in [0.1, 0.15) is 6.92 Å². The van der Waals surface area contributed by atoms with E-state index in [-0.39, 0.29) is 0 Å². The van der Waals surface area contributed by atoms with Crippen molar-refractivity contribution in [3.63, 3.8) is 0 Å². The Bertz CT molecular complexity index is 727. The number of nitrogens with one attached hydrogen (secondary N) is 1. The predicted octanol–water partition coefficient (Wildman–Crippen LogP) is 4.21. The third-order valence-corrected chi connectivity index (χ3v) is 3.83. The summed E-state index contributed by atoms with van der Waals surface area (Å²) in [5, 5.41) is 6.58. The molecule has 1 N–H and O–H groups in total. The SMILES string of the molecule is CCNc1nccc(Sc2ccc3ccccc3c2)n1. The van der Waals surface area contributed by atoms with E-state index in [0.717, 1.165) is 11.6 Å². The summed E-state index contributed by atoms with van der Waals surface area (Å²) in [6.07, 6.45) is 1.79. The van der Waals surface area contributed by atoms with Gasteiger partial charge in [0.05, 0.1) is 0 Å². The standard InChI is InChI=1S/C16H15N3S/c1-2-17-16-18-10-9-15(19-16)20-14-8-7-12-5-3-4-6-13(12)11-14/h3-11H,2H2,1H3,(H,17,18,19). The van der Waals surface area contributed by atoms with Crippen LogP contribution in [0.3, 0.4) is 0 Å². The molecule has 4 heteroatoms. The molecule has 0 aliphatic carbocycles. The van der Waals surface area contributed by atoms with E-state index in [1.54, 1.807) is 18.0 Å². The monoisotopic (exact) mass is 281 g/mol. The Morgan fingerprint density at radius 1 is 1.05 bits per heavy atom. The lowest BCUT2D eigenvalue weighted by Gasteiger charge is -2.05. The second kappa shape index (κ2) is 5.92. The molecule has 0 unspecified atom stereocenters. The van der Waals surface area contributed by atoms with E-state index >= 15 is 0 Å². The van der Waals surface area contributed by atoms with Crippen LogP contribution in [-0.4, -0.2) is 16.5 Å². The van der Waals surface area contributed by atoms with Crippen molar-refractivity contribution in [1.29, 1.82) is 0 Å². The highest BCUT2D eigenvalue weighted by Crippen LogP contribution is 2.29. The molecule has 100 valence electrons. The van der Waals surface area contributed by atoms with Crippen LogP contribution in [0.15, 0.2) is 64.6 Å². The fraction of sp³-hybridized carbons (Fsp3) is 0.125. The molecule has 0 radical (unpaired) electrons. The maximum atomic E-state index is 4.48. The highest BCUT2D eigenvalue weighted by atomic mass is 32.2. The molecular formula is C16H15N3S. The van der Waals surface area contributed by atoms with E-state index in [0.29, 0.717) is 5.95 Å². The maximum absolute atomic E-state index is 4.48. The fourth-order valence-corrected chi connectivity index (χ4v) is 2.82. The first kappa shape index (κ1) is 12.9. The Balaban J connectivity index is 1.87. The Morgan fingerprint density at radius 3 is 2.75 bits per heavy atom. The van der Waals surface area contributed by atoms with E-state index in [9.17, 15) is 0 Å². The van der Waals surface area contributed by atoms with E-state index in [1.165, 1.54) is 15.7 Å². The molecule has 0 bridgehead atoms. The summed E-state index contributed by atoms with van der Waals surface area (Å²) in [5.74, 6) is 0.679. The highest BCUT2D eigenvalue weighted by molar-refractivity contribution is 7.99. The number of rotatable bonds is 4. The van der Waals surface area contributed by atoms with Gasteiger partial charge in [0.25, 0.3) is 0 Å². The summed E-state index contributed by atoms with van der Waals surface area (Å²) < 4.78 is 0. The van der Waals surface area contributed by atoms with Gasteiger partial charge in [-0.1, -0.05) is 42.1 Å². The van der Waals surface area contributed by atoms with Crippen LogP contribution >= 0.6 is 11.8 Å². The van der Waals surface area contributed by atoms with E-state index in [1.807, 2.05) is 13.0 Å². The molecule has 0 atom stereocenters. The number of fused-ring (bicyclic) bond motifs is 1. The van der Waals surface area contributed by atoms with Crippen molar-refractivity contribution < 1.29 is 0 Å². The summed E-state index contributed by atoms with van der Waals surface area (Å²) in [5.41, 5.74) is 0. The average Bonchev–Trinajstić information content (AvgIpc) is 2.48. The summed E-state index contributed by atoms with van der Waals surface area (Å²) in [6, 6.07) is 16.8. The predicted molar refractivity (Wildman–Crippen MR) is 84.3 cm³/mol. The minimum Gasteiger partial charge on any atom is -0.354 e. The zero-order valence-electron chi connectivity index (χ0n) is 11.2. The van der Waals surface area contributed by atoms with Gasteiger partial charge in [0.15, 0.2) is 0 Å². The van der Waals surface area contributed by atoms with Crippen LogP contribution in [-0.2, 0) is 0 Å². The summed E-state index contributed by atoms with van der Waals surface area (Å²) in [7, 11) is 0. The van der Waals surface area contributed by atoms with Gasteiger partial charge in [-0.3, -0.25) is 0 Å². The highest BCUT2D eigenvalue weighted by Gasteiger charge is 2.02. The number of nitrogens with zero attached hydrogens (tertiary/aromatic N) is 2. The molecule has 0 spiro atoms. The Hall–Kier alpha value is -2.07. The molecular weight excluding hydrogens is 266 g/mol. The van der Waals surface area contributed by atoms with Crippen molar-refractivity contribution in [3.05, 3.63) is 54.7 Å². The quantitative estimate of drug-likeness (QED) is 0.727. The second-order valence-electron chi connectivity index (χ2n) is 4.36. The molecule has 1 aromatic heterocycles. The van der Waals surface area contributed by atoms with Gasteiger partial charge >= 0.3 is 0 Å². The molecule has 3 aromatic rings. The number of hydrogen-bond donors (Lipinski definition) is 1. The van der Waals surface area contributed by atoms with Crippen LogP contribution in [0, 0.1) is 0 Å². The van der Waals surface area contributed by atoms with Gasteiger partial charge in [-0.05, 0) is 35.9 Å². The van der Waals surface area contributed by atoms with E-state index < -0.39 is 0 Å². The first-order chi connectivity index (χ1) is 9.85. The lowest BCUT2D eigenvalue weighted by molar-refractivity contribution is 1.01. The maximum Gasteiger partial charge on any atom is 0.223 e. The summed E-state index contributed by atoms with van der Waals surface area (Å²) in [4.78, 5) is 9.85. The molecule has 0 fully saturated rings.